The lowest BCUT2D eigenvalue weighted by atomic mass is 10.0. The van der Waals surface area contributed by atoms with E-state index in [0.717, 1.165) is 33.5 Å². The molecule has 0 saturated heterocycles. The maximum atomic E-state index is 6.05. The van der Waals surface area contributed by atoms with Gasteiger partial charge in [-0.25, -0.2) is 4.98 Å². The number of hydrogen-bond donors (Lipinski definition) is 0. The van der Waals surface area contributed by atoms with Gasteiger partial charge in [-0.3, -0.25) is 0 Å². The van der Waals surface area contributed by atoms with Crippen LogP contribution in [0.1, 0.15) is 11.1 Å². The molecule has 4 aromatic rings. The van der Waals surface area contributed by atoms with E-state index < -0.39 is 0 Å². The summed E-state index contributed by atoms with van der Waals surface area (Å²) in [4.78, 5) is 6.12. The Kier molecular flexibility index (Phi) is 5.12. The smallest absolute Gasteiger partial charge is 0.119 e. The second-order valence-electron chi connectivity index (χ2n) is 6.51. The minimum atomic E-state index is 0.516. The van der Waals surface area contributed by atoms with Gasteiger partial charge >= 0.3 is 0 Å². The van der Waals surface area contributed by atoms with Crippen LogP contribution in [0.2, 0.25) is 0 Å². The van der Waals surface area contributed by atoms with Crippen LogP contribution in [0.5, 0.6) is 5.75 Å². The van der Waals surface area contributed by atoms with Gasteiger partial charge in [0.25, 0.3) is 0 Å². The van der Waals surface area contributed by atoms with Crippen LogP contribution in [0, 0.1) is 6.92 Å². The van der Waals surface area contributed by atoms with Gasteiger partial charge in [-0.2, -0.15) is 0 Å². The van der Waals surface area contributed by atoms with Crippen LogP contribution in [0.3, 0.4) is 0 Å². The number of pyridine rings is 1. The number of rotatable bonds is 5. The van der Waals surface area contributed by atoms with Crippen molar-refractivity contribution in [2.24, 2.45) is 0 Å². The highest BCUT2D eigenvalue weighted by Gasteiger charge is 2.08. The van der Waals surface area contributed by atoms with E-state index in [4.69, 9.17) is 9.72 Å². The van der Waals surface area contributed by atoms with Crippen molar-refractivity contribution in [3.8, 4) is 17.0 Å². The highest BCUT2D eigenvalue weighted by atomic mass is 32.2. The maximum Gasteiger partial charge on any atom is 0.119 e. The van der Waals surface area contributed by atoms with Crippen LogP contribution in [0.25, 0.3) is 22.2 Å². The zero-order chi connectivity index (χ0) is 18.6. The van der Waals surface area contributed by atoms with Gasteiger partial charge in [0.15, 0.2) is 0 Å². The lowest BCUT2D eigenvalue weighted by Gasteiger charge is -2.12. The minimum Gasteiger partial charge on any atom is -0.489 e. The number of para-hydroxylation sites is 1. The number of nitrogens with zero attached hydrogens (tertiary/aromatic N) is 1. The highest BCUT2D eigenvalue weighted by Crippen LogP contribution is 2.27. The van der Waals surface area contributed by atoms with Crippen molar-refractivity contribution >= 4 is 22.7 Å². The molecule has 0 fully saturated rings. The van der Waals surface area contributed by atoms with Crippen molar-refractivity contribution in [2.75, 3.05) is 6.26 Å². The minimum absolute atomic E-state index is 0.516. The molecule has 1 heterocycles. The van der Waals surface area contributed by atoms with Crippen LogP contribution in [0.15, 0.2) is 83.8 Å². The van der Waals surface area contributed by atoms with E-state index in [2.05, 4.69) is 67.8 Å². The standard InChI is InChI=1S/C24H21NOS/c1-17-7-11-20(12-8-17)26-16-19-15-24(18-9-13-21(27-2)14-10-18)25-23-6-4-3-5-22(19)23/h3-15H,16H2,1-2H3. The number of thioether (sulfide) groups is 1. The number of fused-ring (bicyclic) bond motifs is 1. The molecule has 0 aliphatic carbocycles. The Morgan fingerprint density at radius 3 is 2.37 bits per heavy atom. The number of aromatic nitrogens is 1. The van der Waals surface area contributed by atoms with E-state index in [1.807, 2.05) is 24.3 Å². The molecule has 3 heteroatoms. The molecular weight excluding hydrogens is 350 g/mol. The zero-order valence-electron chi connectivity index (χ0n) is 15.5. The van der Waals surface area contributed by atoms with Crippen molar-refractivity contribution < 1.29 is 4.74 Å². The van der Waals surface area contributed by atoms with E-state index >= 15 is 0 Å². The van der Waals surface area contributed by atoms with Gasteiger partial charge in [-0.05, 0) is 49.6 Å². The Balaban J connectivity index is 1.70. The van der Waals surface area contributed by atoms with Crippen LogP contribution in [0.4, 0.5) is 0 Å². The van der Waals surface area contributed by atoms with Gasteiger partial charge in [0.05, 0.1) is 11.2 Å². The fraction of sp³-hybridized carbons (Fsp3) is 0.125. The van der Waals surface area contributed by atoms with Gasteiger partial charge in [-0.15, -0.1) is 11.8 Å². The SMILES string of the molecule is CSc1ccc(-c2cc(COc3ccc(C)cc3)c3ccccc3n2)cc1. The molecule has 134 valence electrons. The third-order valence-electron chi connectivity index (χ3n) is 4.60. The summed E-state index contributed by atoms with van der Waals surface area (Å²) in [5, 5.41) is 1.13. The van der Waals surface area contributed by atoms with Crippen molar-refractivity contribution in [3.63, 3.8) is 0 Å². The van der Waals surface area contributed by atoms with Gasteiger partial charge in [0, 0.05) is 21.4 Å². The maximum absolute atomic E-state index is 6.05. The number of aryl methyl sites for hydroxylation is 1. The molecule has 0 aliphatic heterocycles. The van der Waals surface area contributed by atoms with Gasteiger partial charge in [-0.1, -0.05) is 48.0 Å². The topological polar surface area (TPSA) is 22.1 Å². The molecule has 0 aliphatic rings. The number of ether oxygens (including phenoxy) is 1. The quantitative estimate of drug-likeness (QED) is 0.373. The van der Waals surface area contributed by atoms with Gasteiger partial charge in [0.1, 0.15) is 12.4 Å². The molecule has 0 N–H and O–H groups in total. The number of hydrogen-bond acceptors (Lipinski definition) is 3. The normalized spacial score (nSPS) is 10.9. The molecular formula is C24H21NOS. The summed E-state index contributed by atoms with van der Waals surface area (Å²) >= 11 is 1.74. The van der Waals surface area contributed by atoms with E-state index in [1.54, 1.807) is 11.8 Å². The predicted molar refractivity (Wildman–Crippen MR) is 114 cm³/mol. The Hall–Kier alpha value is -2.78. The summed E-state index contributed by atoms with van der Waals surface area (Å²) in [6, 6.07) is 27.1. The third-order valence-corrected chi connectivity index (χ3v) is 5.35. The number of benzene rings is 3. The predicted octanol–water partition coefficient (Wildman–Crippen LogP) is 6.51. The van der Waals surface area contributed by atoms with Crippen molar-refractivity contribution in [1.82, 2.24) is 4.98 Å². The molecule has 0 bridgehead atoms. The first-order chi connectivity index (χ1) is 13.2. The Bertz CT molecular complexity index is 1060. The van der Waals surface area contributed by atoms with Crippen LogP contribution >= 0.6 is 11.8 Å². The molecule has 0 spiro atoms. The summed E-state index contributed by atoms with van der Waals surface area (Å²) in [7, 11) is 0. The van der Waals surface area contributed by atoms with E-state index in [-0.39, 0.29) is 0 Å². The first kappa shape index (κ1) is 17.6. The molecule has 1 aromatic heterocycles. The first-order valence-electron chi connectivity index (χ1n) is 8.95. The molecule has 0 unspecified atom stereocenters. The summed E-state index contributed by atoms with van der Waals surface area (Å²) in [5.41, 5.74) is 5.46. The monoisotopic (exact) mass is 371 g/mol. The fourth-order valence-corrected chi connectivity index (χ4v) is 3.48. The van der Waals surface area contributed by atoms with Crippen LogP contribution < -0.4 is 4.74 Å². The van der Waals surface area contributed by atoms with E-state index in [1.165, 1.54) is 10.5 Å². The molecule has 3 aromatic carbocycles. The Morgan fingerprint density at radius 1 is 0.889 bits per heavy atom. The average Bonchev–Trinajstić information content (AvgIpc) is 2.73. The molecule has 0 radical (unpaired) electrons. The summed E-state index contributed by atoms with van der Waals surface area (Å²) < 4.78 is 6.05. The highest BCUT2D eigenvalue weighted by molar-refractivity contribution is 7.98. The van der Waals surface area contributed by atoms with Crippen molar-refractivity contribution in [3.05, 3.63) is 90.0 Å². The van der Waals surface area contributed by atoms with Crippen molar-refractivity contribution in [1.29, 1.82) is 0 Å². The van der Waals surface area contributed by atoms with Gasteiger partial charge < -0.3 is 4.74 Å². The van der Waals surface area contributed by atoms with Crippen LogP contribution in [-0.4, -0.2) is 11.2 Å². The Morgan fingerprint density at radius 2 is 1.63 bits per heavy atom. The molecule has 27 heavy (non-hydrogen) atoms. The Labute approximate surface area is 164 Å². The van der Waals surface area contributed by atoms with Crippen LogP contribution in [-0.2, 0) is 6.61 Å². The molecule has 0 amide bonds. The average molecular weight is 372 g/mol. The summed E-state index contributed by atoms with van der Waals surface area (Å²) in [6.45, 7) is 2.59. The molecule has 0 saturated carbocycles. The summed E-state index contributed by atoms with van der Waals surface area (Å²) in [6.07, 6.45) is 2.09. The largest absolute Gasteiger partial charge is 0.489 e. The zero-order valence-corrected chi connectivity index (χ0v) is 16.3. The first-order valence-corrected chi connectivity index (χ1v) is 10.2. The third kappa shape index (κ3) is 3.99. The van der Waals surface area contributed by atoms with Gasteiger partial charge in [0.2, 0.25) is 0 Å². The lowest BCUT2D eigenvalue weighted by molar-refractivity contribution is 0.307. The second-order valence-corrected chi connectivity index (χ2v) is 7.39. The van der Waals surface area contributed by atoms with E-state index in [9.17, 15) is 0 Å². The fourth-order valence-electron chi connectivity index (χ4n) is 3.07. The summed E-state index contributed by atoms with van der Waals surface area (Å²) in [5.74, 6) is 0.882. The molecule has 0 atom stereocenters. The molecule has 4 rings (SSSR count). The molecule has 2 nitrogen and oxygen atoms in total. The second kappa shape index (κ2) is 7.85. The van der Waals surface area contributed by atoms with Crippen molar-refractivity contribution in [2.45, 2.75) is 18.4 Å². The van der Waals surface area contributed by atoms with E-state index in [0.29, 0.717) is 6.61 Å². The lowest BCUT2D eigenvalue weighted by Crippen LogP contribution is -1.99.